The molecule has 1 saturated carbocycles. The van der Waals surface area contributed by atoms with E-state index < -0.39 is 0 Å². The second-order valence-corrected chi connectivity index (χ2v) is 7.13. The fourth-order valence-corrected chi connectivity index (χ4v) is 3.09. The Hall–Kier alpha value is -1.21. The van der Waals surface area contributed by atoms with E-state index in [1.165, 1.54) is 17.7 Å². The van der Waals surface area contributed by atoms with Gasteiger partial charge in [-0.25, -0.2) is 9.67 Å². The molecule has 1 aliphatic carbocycles. The van der Waals surface area contributed by atoms with Crippen molar-refractivity contribution >= 4 is 33.0 Å². The summed E-state index contributed by atoms with van der Waals surface area (Å²) < 4.78 is 2.09. The Morgan fingerprint density at radius 2 is 2.30 bits per heavy atom. The van der Waals surface area contributed by atoms with E-state index in [0.717, 1.165) is 17.2 Å². The van der Waals surface area contributed by atoms with Crippen LogP contribution in [0.25, 0.3) is 0 Å². The predicted octanol–water partition coefficient (Wildman–Crippen LogP) is 2.79. The van der Waals surface area contributed by atoms with Gasteiger partial charge in [0.05, 0.1) is 18.4 Å². The van der Waals surface area contributed by atoms with Crippen molar-refractivity contribution in [3.8, 4) is 0 Å². The Bertz CT molecular complexity index is 677. The van der Waals surface area contributed by atoms with Crippen LogP contribution in [-0.4, -0.2) is 14.8 Å². The minimum atomic E-state index is -0.0720. The fraction of sp³-hybridized carbons (Fsp3) is 0.462. The van der Waals surface area contributed by atoms with Gasteiger partial charge in [-0.05, 0) is 41.6 Å². The second-order valence-electron chi connectivity index (χ2n) is 5.02. The maximum Gasteiger partial charge on any atom is 0.283 e. The van der Waals surface area contributed by atoms with Crippen LogP contribution in [0.1, 0.15) is 22.7 Å². The fourth-order valence-electron chi connectivity index (χ4n) is 1.92. The van der Waals surface area contributed by atoms with E-state index in [1.54, 1.807) is 22.2 Å². The number of halogens is 1. The standard InChI is InChI=1S/C13H15BrN4OS/c1-8-4-16-11(20-8)6-15-10-5-17-18(7-9-2-3-9)13(19)12(10)14/h4-5,9,15H,2-3,6-7H2,1H3. The number of anilines is 1. The summed E-state index contributed by atoms with van der Waals surface area (Å²) in [6.07, 6.45) is 5.96. The van der Waals surface area contributed by atoms with Crippen molar-refractivity contribution in [2.75, 3.05) is 5.32 Å². The van der Waals surface area contributed by atoms with Gasteiger partial charge in [0.15, 0.2) is 0 Å². The van der Waals surface area contributed by atoms with Gasteiger partial charge in [-0.3, -0.25) is 4.79 Å². The number of nitrogens with zero attached hydrogens (tertiary/aromatic N) is 3. The first-order chi connectivity index (χ1) is 9.63. The van der Waals surface area contributed by atoms with E-state index in [1.807, 2.05) is 13.1 Å². The summed E-state index contributed by atoms with van der Waals surface area (Å²) in [5.74, 6) is 0.629. The molecule has 0 radical (unpaired) electrons. The predicted molar refractivity (Wildman–Crippen MR) is 83.1 cm³/mol. The van der Waals surface area contributed by atoms with Crippen LogP contribution in [-0.2, 0) is 13.1 Å². The quantitative estimate of drug-likeness (QED) is 0.896. The van der Waals surface area contributed by atoms with Crippen molar-refractivity contribution in [2.45, 2.75) is 32.9 Å². The Morgan fingerprint density at radius 3 is 2.95 bits per heavy atom. The molecule has 0 atom stereocenters. The molecule has 0 saturated heterocycles. The topological polar surface area (TPSA) is 59.8 Å². The van der Waals surface area contributed by atoms with Gasteiger partial charge in [0, 0.05) is 17.6 Å². The third-order valence-corrected chi connectivity index (χ3v) is 4.89. The molecular formula is C13H15BrN4OS. The first-order valence-corrected chi connectivity index (χ1v) is 8.15. The summed E-state index contributed by atoms with van der Waals surface area (Å²) in [4.78, 5) is 17.6. The minimum absolute atomic E-state index is 0.0720. The second kappa shape index (κ2) is 5.65. The highest BCUT2D eigenvalue weighted by atomic mass is 79.9. The molecule has 1 aliphatic rings. The largest absolute Gasteiger partial charge is 0.376 e. The highest BCUT2D eigenvalue weighted by Crippen LogP contribution is 2.30. The number of aryl methyl sites for hydroxylation is 1. The molecule has 0 aliphatic heterocycles. The molecule has 0 bridgehead atoms. The first-order valence-electron chi connectivity index (χ1n) is 6.54. The molecule has 0 aromatic carbocycles. The molecular weight excluding hydrogens is 340 g/mol. The summed E-state index contributed by atoms with van der Waals surface area (Å²) in [5.41, 5.74) is 0.645. The SMILES string of the molecule is Cc1cnc(CNc2cnn(CC3CC3)c(=O)c2Br)s1. The zero-order valence-corrected chi connectivity index (χ0v) is 13.5. The monoisotopic (exact) mass is 354 g/mol. The van der Waals surface area contributed by atoms with Crippen LogP contribution in [0, 0.1) is 12.8 Å². The normalized spacial score (nSPS) is 14.5. The minimum Gasteiger partial charge on any atom is -0.376 e. The Morgan fingerprint density at radius 1 is 1.50 bits per heavy atom. The first kappa shape index (κ1) is 13.8. The molecule has 2 aromatic rings. The van der Waals surface area contributed by atoms with Crippen molar-refractivity contribution in [3.63, 3.8) is 0 Å². The van der Waals surface area contributed by atoms with Crippen LogP contribution < -0.4 is 10.9 Å². The van der Waals surface area contributed by atoms with E-state index in [2.05, 4.69) is 31.3 Å². The van der Waals surface area contributed by atoms with Crippen molar-refractivity contribution in [1.82, 2.24) is 14.8 Å². The lowest BCUT2D eigenvalue weighted by molar-refractivity contribution is 0.532. The van der Waals surface area contributed by atoms with Gasteiger partial charge in [-0.2, -0.15) is 5.10 Å². The van der Waals surface area contributed by atoms with Gasteiger partial charge in [0.2, 0.25) is 0 Å². The van der Waals surface area contributed by atoms with Crippen molar-refractivity contribution in [2.24, 2.45) is 5.92 Å². The molecule has 2 heterocycles. The van der Waals surface area contributed by atoms with Crippen LogP contribution in [0.3, 0.4) is 0 Å². The van der Waals surface area contributed by atoms with Crippen molar-refractivity contribution in [3.05, 3.63) is 37.1 Å². The highest BCUT2D eigenvalue weighted by molar-refractivity contribution is 9.10. The van der Waals surface area contributed by atoms with Gasteiger partial charge < -0.3 is 5.32 Å². The van der Waals surface area contributed by atoms with Gasteiger partial charge in [0.25, 0.3) is 5.56 Å². The van der Waals surface area contributed by atoms with Crippen LogP contribution in [0.4, 0.5) is 5.69 Å². The molecule has 3 rings (SSSR count). The van der Waals surface area contributed by atoms with Gasteiger partial charge in [0.1, 0.15) is 9.48 Å². The van der Waals surface area contributed by atoms with E-state index >= 15 is 0 Å². The molecule has 1 N–H and O–H groups in total. The Kier molecular flexibility index (Phi) is 3.89. The lowest BCUT2D eigenvalue weighted by Crippen LogP contribution is -2.25. The summed E-state index contributed by atoms with van der Waals surface area (Å²) in [7, 11) is 0. The summed E-state index contributed by atoms with van der Waals surface area (Å²) in [5, 5.41) is 8.43. The van der Waals surface area contributed by atoms with Gasteiger partial charge >= 0.3 is 0 Å². The average Bonchev–Trinajstić information content (AvgIpc) is 3.15. The van der Waals surface area contributed by atoms with E-state index in [4.69, 9.17) is 0 Å². The summed E-state index contributed by atoms with van der Waals surface area (Å²) >= 11 is 5.01. The van der Waals surface area contributed by atoms with Crippen LogP contribution in [0.15, 0.2) is 21.7 Å². The molecule has 0 amide bonds. The molecule has 5 nitrogen and oxygen atoms in total. The third-order valence-electron chi connectivity index (χ3n) is 3.21. The Labute approximate surface area is 129 Å². The number of nitrogens with one attached hydrogen (secondary N) is 1. The number of thiazole rings is 1. The maximum absolute atomic E-state index is 12.2. The van der Waals surface area contributed by atoms with Crippen molar-refractivity contribution in [1.29, 1.82) is 0 Å². The van der Waals surface area contributed by atoms with E-state index in [-0.39, 0.29) is 5.56 Å². The summed E-state index contributed by atoms with van der Waals surface area (Å²) in [6.45, 7) is 3.35. The zero-order valence-electron chi connectivity index (χ0n) is 11.1. The number of hydrogen-bond donors (Lipinski definition) is 1. The van der Waals surface area contributed by atoms with Crippen LogP contribution in [0.2, 0.25) is 0 Å². The smallest absolute Gasteiger partial charge is 0.283 e. The Balaban J connectivity index is 1.73. The number of hydrogen-bond acceptors (Lipinski definition) is 5. The lowest BCUT2D eigenvalue weighted by Gasteiger charge is -2.09. The van der Waals surface area contributed by atoms with Crippen LogP contribution >= 0.6 is 27.3 Å². The molecule has 1 fully saturated rings. The van der Waals surface area contributed by atoms with E-state index in [9.17, 15) is 4.79 Å². The zero-order chi connectivity index (χ0) is 14.1. The maximum atomic E-state index is 12.2. The average molecular weight is 355 g/mol. The van der Waals surface area contributed by atoms with E-state index in [0.29, 0.717) is 16.9 Å². The summed E-state index contributed by atoms with van der Waals surface area (Å²) in [6, 6.07) is 0. The molecule has 106 valence electrons. The van der Waals surface area contributed by atoms with Crippen LogP contribution in [0.5, 0.6) is 0 Å². The highest BCUT2D eigenvalue weighted by Gasteiger charge is 2.23. The number of aromatic nitrogens is 3. The molecule has 7 heteroatoms. The number of rotatable bonds is 5. The van der Waals surface area contributed by atoms with Gasteiger partial charge in [-0.1, -0.05) is 0 Å². The van der Waals surface area contributed by atoms with Crippen molar-refractivity contribution < 1.29 is 0 Å². The van der Waals surface area contributed by atoms with Gasteiger partial charge in [-0.15, -0.1) is 11.3 Å². The molecule has 0 spiro atoms. The molecule has 0 unspecified atom stereocenters. The molecule has 20 heavy (non-hydrogen) atoms. The molecule has 2 aromatic heterocycles. The lowest BCUT2D eigenvalue weighted by atomic mass is 10.4. The third kappa shape index (κ3) is 3.09.